The highest BCUT2D eigenvalue weighted by Crippen LogP contribution is 2.21. The van der Waals surface area contributed by atoms with Crippen molar-refractivity contribution >= 4 is 18.3 Å². The molecule has 21 heavy (non-hydrogen) atoms. The number of nitrogens with zero attached hydrogens (tertiary/aromatic N) is 1. The van der Waals surface area contributed by atoms with Gasteiger partial charge in [0, 0.05) is 19.6 Å². The van der Waals surface area contributed by atoms with Crippen LogP contribution in [0.5, 0.6) is 0 Å². The van der Waals surface area contributed by atoms with Crippen LogP contribution in [-0.4, -0.2) is 30.4 Å². The Labute approximate surface area is 135 Å². The topological polar surface area (TPSA) is 46.3 Å². The fourth-order valence-corrected chi connectivity index (χ4v) is 2.29. The van der Waals surface area contributed by atoms with E-state index in [1.54, 1.807) is 0 Å². The lowest BCUT2D eigenvalue weighted by Crippen LogP contribution is -2.36. The largest absolute Gasteiger partial charge is 0.345 e. The number of rotatable bonds is 7. The fraction of sp³-hybridized carbons (Fsp3) is 0.588. The molecule has 0 bridgehead atoms. The predicted octanol–water partition coefficient (Wildman–Crippen LogP) is 3.43. The summed E-state index contributed by atoms with van der Waals surface area (Å²) in [6.07, 6.45) is 1.68. The number of benzene rings is 1. The monoisotopic (exact) mass is 312 g/mol. The molecule has 4 heteroatoms. The van der Waals surface area contributed by atoms with Gasteiger partial charge in [-0.3, -0.25) is 4.79 Å². The van der Waals surface area contributed by atoms with Crippen molar-refractivity contribution in [2.75, 3.05) is 13.6 Å². The first-order chi connectivity index (χ1) is 9.47. The number of halogens is 1. The van der Waals surface area contributed by atoms with Crippen molar-refractivity contribution < 1.29 is 4.79 Å². The Morgan fingerprint density at radius 3 is 2.29 bits per heavy atom. The van der Waals surface area contributed by atoms with Gasteiger partial charge in [-0.15, -0.1) is 12.4 Å². The molecule has 0 saturated heterocycles. The Hall–Kier alpha value is -1.06. The van der Waals surface area contributed by atoms with Crippen LogP contribution >= 0.6 is 12.4 Å². The third-order valence-electron chi connectivity index (χ3n) is 3.94. The lowest BCUT2D eigenvalue weighted by atomic mass is 9.95. The maximum atomic E-state index is 12.5. The third-order valence-corrected chi connectivity index (χ3v) is 3.94. The third kappa shape index (κ3) is 6.06. The van der Waals surface area contributed by atoms with Crippen LogP contribution in [0.2, 0.25) is 0 Å². The average Bonchev–Trinajstić information content (AvgIpc) is 2.45. The Balaban J connectivity index is 0.00000400. The summed E-state index contributed by atoms with van der Waals surface area (Å²) in [5.41, 5.74) is 7.14. The molecule has 1 amide bonds. The molecule has 120 valence electrons. The maximum Gasteiger partial charge on any atom is 0.229 e. The SMILES string of the molecule is CCC(C(=O)N(C)CCC(N)C(C)C)c1ccccc1.Cl. The van der Waals surface area contributed by atoms with E-state index in [-0.39, 0.29) is 30.3 Å². The van der Waals surface area contributed by atoms with E-state index in [2.05, 4.69) is 20.8 Å². The highest BCUT2D eigenvalue weighted by Gasteiger charge is 2.22. The van der Waals surface area contributed by atoms with E-state index in [4.69, 9.17) is 5.73 Å². The number of amides is 1. The van der Waals surface area contributed by atoms with Gasteiger partial charge < -0.3 is 10.6 Å². The molecule has 0 radical (unpaired) electrons. The number of carbonyl (C=O) groups excluding carboxylic acids is 1. The van der Waals surface area contributed by atoms with Crippen molar-refractivity contribution in [1.29, 1.82) is 0 Å². The van der Waals surface area contributed by atoms with Crippen LogP contribution in [0, 0.1) is 5.92 Å². The van der Waals surface area contributed by atoms with Gasteiger partial charge in [-0.25, -0.2) is 0 Å². The molecule has 2 atom stereocenters. The molecule has 0 heterocycles. The minimum Gasteiger partial charge on any atom is -0.345 e. The molecule has 0 aliphatic carbocycles. The summed E-state index contributed by atoms with van der Waals surface area (Å²) >= 11 is 0. The number of likely N-dealkylation sites (N-methyl/N-ethyl adjacent to an activating group) is 1. The van der Waals surface area contributed by atoms with Gasteiger partial charge in [-0.05, 0) is 24.3 Å². The van der Waals surface area contributed by atoms with Crippen molar-refractivity contribution in [3.05, 3.63) is 35.9 Å². The first kappa shape index (κ1) is 19.9. The number of nitrogens with two attached hydrogens (primary N) is 1. The number of hydrogen-bond donors (Lipinski definition) is 1. The Morgan fingerprint density at radius 1 is 1.24 bits per heavy atom. The zero-order valence-corrected chi connectivity index (χ0v) is 14.4. The van der Waals surface area contributed by atoms with Gasteiger partial charge in [0.05, 0.1) is 5.92 Å². The molecule has 0 aliphatic heterocycles. The van der Waals surface area contributed by atoms with E-state index in [9.17, 15) is 4.79 Å². The highest BCUT2D eigenvalue weighted by molar-refractivity contribution is 5.85. The summed E-state index contributed by atoms with van der Waals surface area (Å²) in [6, 6.07) is 10.2. The summed E-state index contributed by atoms with van der Waals surface area (Å²) in [6.45, 7) is 7.02. The smallest absolute Gasteiger partial charge is 0.229 e. The molecule has 2 unspecified atom stereocenters. The molecule has 0 saturated carbocycles. The van der Waals surface area contributed by atoms with E-state index in [1.807, 2.05) is 42.3 Å². The number of hydrogen-bond acceptors (Lipinski definition) is 2. The second-order valence-electron chi connectivity index (χ2n) is 5.83. The summed E-state index contributed by atoms with van der Waals surface area (Å²) < 4.78 is 0. The van der Waals surface area contributed by atoms with E-state index < -0.39 is 0 Å². The zero-order valence-electron chi connectivity index (χ0n) is 13.6. The highest BCUT2D eigenvalue weighted by atomic mass is 35.5. The van der Waals surface area contributed by atoms with Crippen molar-refractivity contribution in [1.82, 2.24) is 4.90 Å². The van der Waals surface area contributed by atoms with Crippen molar-refractivity contribution in [3.8, 4) is 0 Å². The first-order valence-electron chi connectivity index (χ1n) is 7.52. The summed E-state index contributed by atoms with van der Waals surface area (Å²) in [7, 11) is 1.88. The van der Waals surface area contributed by atoms with Gasteiger partial charge in [0.2, 0.25) is 5.91 Å². The van der Waals surface area contributed by atoms with Crippen molar-refractivity contribution in [2.45, 2.75) is 45.6 Å². The lowest BCUT2D eigenvalue weighted by molar-refractivity contribution is -0.131. The Bertz CT molecular complexity index is 409. The van der Waals surface area contributed by atoms with E-state index >= 15 is 0 Å². The van der Waals surface area contributed by atoms with Crippen LogP contribution in [0.15, 0.2) is 30.3 Å². The van der Waals surface area contributed by atoms with Crippen LogP contribution in [-0.2, 0) is 4.79 Å². The molecule has 1 rings (SSSR count). The lowest BCUT2D eigenvalue weighted by Gasteiger charge is -2.25. The first-order valence-corrected chi connectivity index (χ1v) is 7.52. The normalized spacial score (nSPS) is 13.4. The van der Waals surface area contributed by atoms with Gasteiger partial charge in [-0.1, -0.05) is 51.1 Å². The predicted molar refractivity (Wildman–Crippen MR) is 91.8 cm³/mol. The van der Waals surface area contributed by atoms with Crippen molar-refractivity contribution in [3.63, 3.8) is 0 Å². The van der Waals surface area contributed by atoms with E-state index in [0.29, 0.717) is 5.92 Å². The van der Waals surface area contributed by atoms with Crippen LogP contribution in [0.1, 0.15) is 45.1 Å². The fourth-order valence-electron chi connectivity index (χ4n) is 2.29. The molecule has 0 aromatic heterocycles. The standard InChI is InChI=1S/C17H28N2O.ClH/c1-5-15(14-9-7-6-8-10-14)17(20)19(4)12-11-16(18)13(2)3;/h6-10,13,15-16H,5,11-12,18H2,1-4H3;1H. The second kappa shape index (κ2) is 9.80. The molecule has 3 nitrogen and oxygen atoms in total. The summed E-state index contributed by atoms with van der Waals surface area (Å²) in [4.78, 5) is 14.4. The molecule has 0 spiro atoms. The second-order valence-corrected chi connectivity index (χ2v) is 5.83. The van der Waals surface area contributed by atoms with Crippen LogP contribution < -0.4 is 5.73 Å². The van der Waals surface area contributed by atoms with Crippen molar-refractivity contribution in [2.24, 2.45) is 11.7 Å². The quantitative estimate of drug-likeness (QED) is 0.838. The Morgan fingerprint density at radius 2 is 1.81 bits per heavy atom. The van der Waals surface area contributed by atoms with Gasteiger partial charge in [0.25, 0.3) is 0 Å². The van der Waals surface area contributed by atoms with Gasteiger partial charge in [0.1, 0.15) is 0 Å². The Kier molecular flexibility index (Phi) is 9.31. The van der Waals surface area contributed by atoms with E-state index in [0.717, 1.165) is 24.9 Å². The van der Waals surface area contributed by atoms with Gasteiger partial charge in [-0.2, -0.15) is 0 Å². The van der Waals surface area contributed by atoms with Crippen LogP contribution in [0.4, 0.5) is 0 Å². The molecule has 0 fully saturated rings. The number of carbonyl (C=O) groups is 1. The van der Waals surface area contributed by atoms with Crippen LogP contribution in [0.25, 0.3) is 0 Å². The maximum absolute atomic E-state index is 12.5. The van der Waals surface area contributed by atoms with Gasteiger partial charge >= 0.3 is 0 Å². The summed E-state index contributed by atoms with van der Waals surface area (Å²) in [5.74, 6) is 0.598. The van der Waals surface area contributed by atoms with Gasteiger partial charge in [0.15, 0.2) is 0 Å². The zero-order chi connectivity index (χ0) is 15.1. The van der Waals surface area contributed by atoms with Crippen LogP contribution in [0.3, 0.4) is 0 Å². The minimum absolute atomic E-state index is 0. The molecule has 2 N–H and O–H groups in total. The molecular formula is C17H29ClN2O. The molecule has 1 aromatic carbocycles. The molecule has 1 aromatic rings. The minimum atomic E-state index is -0.0449. The van der Waals surface area contributed by atoms with E-state index in [1.165, 1.54) is 0 Å². The summed E-state index contributed by atoms with van der Waals surface area (Å²) in [5, 5.41) is 0. The molecule has 0 aliphatic rings. The average molecular weight is 313 g/mol. The molecular weight excluding hydrogens is 284 g/mol.